The van der Waals surface area contributed by atoms with Crippen molar-refractivity contribution in [2.24, 2.45) is 7.05 Å². The topological polar surface area (TPSA) is 89.5 Å². The Morgan fingerprint density at radius 2 is 2.20 bits per heavy atom. The fourth-order valence-corrected chi connectivity index (χ4v) is 0.886. The van der Waals surface area contributed by atoms with Gasteiger partial charge >= 0.3 is 6.01 Å². The van der Waals surface area contributed by atoms with E-state index >= 15 is 0 Å². The predicted octanol–water partition coefficient (Wildman–Crippen LogP) is 0.269. The summed E-state index contributed by atoms with van der Waals surface area (Å²) in [6, 6.07) is 2.05. The predicted molar refractivity (Wildman–Crippen MR) is 47.8 cm³/mol. The van der Waals surface area contributed by atoms with Gasteiger partial charge in [-0.05, 0) is 0 Å². The van der Waals surface area contributed by atoms with Crippen LogP contribution in [0.25, 0.3) is 0 Å². The molecule has 0 spiro atoms. The number of nitriles is 1. The number of hydrogen-bond acceptors (Lipinski definition) is 6. The maximum absolute atomic E-state index is 8.50. The highest BCUT2D eigenvalue weighted by Gasteiger charge is 2.03. The minimum Gasteiger partial charge on any atom is -0.402 e. The molecule has 7 nitrogen and oxygen atoms in total. The Labute approximate surface area is 85.0 Å². The lowest BCUT2D eigenvalue weighted by atomic mass is 10.5. The van der Waals surface area contributed by atoms with Crippen molar-refractivity contribution in [1.82, 2.24) is 24.7 Å². The van der Waals surface area contributed by atoms with Crippen molar-refractivity contribution in [2.45, 2.75) is 0 Å². The van der Waals surface area contributed by atoms with E-state index in [0.29, 0.717) is 0 Å². The van der Waals surface area contributed by atoms with E-state index in [9.17, 15) is 0 Å². The minimum atomic E-state index is 0.191. The van der Waals surface area contributed by atoms with Gasteiger partial charge in [0.2, 0.25) is 5.88 Å². The summed E-state index contributed by atoms with van der Waals surface area (Å²) in [5, 5.41) is 12.4. The standard InChI is InChI=1S/C8H6N6O/c1-14-5-12-8(13-14)15-7-4-10-6(2-9)3-11-7/h3-5H,1H3. The Bertz CT molecular complexity index is 497. The van der Waals surface area contributed by atoms with E-state index in [2.05, 4.69) is 20.1 Å². The number of aryl methyl sites for hydroxylation is 1. The molecule has 0 atom stereocenters. The fourth-order valence-electron chi connectivity index (χ4n) is 0.886. The zero-order chi connectivity index (χ0) is 10.7. The third-order valence-corrected chi connectivity index (χ3v) is 1.52. The molecule has 2 aromatic heterocycles. The van der Waals surface area contributed by atoms with Crippen molar-refractivity contribution in [3.8, 4) is 18.0 Å². The molecule has 0 aliphatic carbocycles. The Hall–Kier alpha value is -2.49. The van der Waals surface area contributed by atoms with Gasteiger partial charge in [0.25, 0.3) is 0 Å². The van der Waals surface area contributed by atoms with Crippen LogP contribution in [0.15, 0.2) is 18.7 Å². The van der Waals surface area contributed by atoms with Crippen LogP contribution in [0.2, 0.25) is 0 Å². The lowest BCUT2D eigenvalue weighted by Crippen LogP contribution is -1.93. The SMILES string of the molecule is Cn1cnc(Oc2cnc(C#N)cn2)n1. The molecular formula is C8H6N6O. The Morgan fingerprint density at radius 3 is 2.73 bits per heavy atom. The van der Waals surface area contributed by atoms with Crippen LogP contribution in [0.5, 0.6) is 11.9 Å². The van der Waals surface area contributed by atoms with Gasteiger partial charge in [0.15, 0.2) is 5.69 Å². The largest absolute Gasteiger partial charge is 0.402 e. The zero-order valence-electron chi connectivity index (χ0n) is 7.82. The summed E-state index contributed by atoms with van der Waals surface area (Å²) in [5.74, 6) is 0.250. The van der Waals surface area contributed by atoms with Crippen molar-refractivity contribution < 1.29 is 4.74 Å². The highest BCUT2D eigenvalue weighted by atomic mass is 16.5. The first-order valence-corrected chi connectivity index (χ1v) is 4.03. The van der Waals surface area contributed by atoms with E-state index in [-0.39, 0.29) is 17.6 Å². The quantitative estimate of drug-likeness (QED) is 0.694. The number of nitrogens with zero attached hydrogens (tertiary/aromatic N) is 6. The maximum atomic E-state index is 8.50. The molecule has 0 aliphatic heterocycles. The van der Waals surface area contributed by atoms with Gasteiger partial charge in [0.1, 0.15) is 12.4 Å². The molecule has 0 saturated heterocycles. The molecule has 0 bridgehead atoms. The molecule has 0 amide bonds. The molecule has 0 N–H and O–H groups in total. The minimum absolute atomic E-state index is 0.191. The summed E-state index contributed by atoms with van der Waals surface area (Å²) >= 11 is 0. The van der Waals surface area contributed by atoms with E-state index in [1.165, 1.54) is 23.4 Å². The average molecular weight is 202 g/mol. The first-order valence-electron chi connectivity index (χ1n) is 4.03. The molecule has 0 fully saturated rings. The van der Waals surface area contributed by atoms with Crippen LogP contribution in [0.1, 0.15) is 5.69 Å². The highest BCUT2D eigenvalue weighted by molar-refractivity contribution is 5.19. The number of rotatable bonds is 2. The van der Waals surface area contributed by atoms with E-state index in [4.69, 9.17) is 10.00 Å². The first-order chi connectivity index (χ1) is 7.28. The van der Waals surface area contributed by atoms with Crippen molar-refractivity contribution in [3.63, 3.8) is 0 Å². The Morgan fingerprint density at radius 1 is 1.33 bits per heavy atom. The maximum Gasteiger partial charge on any atom is 0.342 e. The molecular weight excluding hydrogens is 196 g/mol. The number of ether oxygens (including phenoxy) is 1. The molecule has 15 heavy (non-hydrogen) atoms. The van der Waals surface area contributed by atoms with Crippen molar-refractivity contribution in [2.75, 3.05) is 0 Å². The van der Waals surface area contributed by atoms with Crippen LogP contribution in [0.4, 0.5) is 0 Å². The third-order valence-electron chi connectivity index (χ3n) is 1.52. The average Bonchev–Trinajstić information content (AvgIpc) is 2.65. The van der Waals surface area contributed by atoms with E-state index in [1.807, 2.05) is 6.07 Å². The van der Waals surface area contributed by atoms with Gasteiger partial charge in [-0.15, -0.1) is 5.10 Å². The Balaban J connectivity index is 2.15. The van der Waals surface area contributed by atoms with Crippen LogP contribution in [0, 0.1) is 11.3 Å². The third kappa shape index (κ3) is 2.05. The molecule has 0 aromatic carbocycles. The van der Waals surface area contributed by atoms with Crippen LogP contribution < -0.4 is 4.74 Å². The van der Waals surface area contributed by atoms with Gasteiger partial charge in [-0.25, -0.2) is 9.97 Å². The van der Waals surface area contributed by atoms with Gasteiger partial charge in [-0.1, -0.05) is 0 Å². The smallest absolute Gasteiger partial charge is 0.342 e. The second-order valence-corrected chi connectivity index (χ2v) is 2.65. The summed E-state index contributed by atoms with van der Waals surface area (Å²) in [4.78, 5) is 11.5. The summed E-state index contributed by atoms with van der Waals surface area (Å²) in [7, 11) is 1.73. The molecule has 2 aromatic rings. The molecule has 0 saturated carbocycles. The van der Waals surface area contributed by atoms with Crippen LogP contribution in [-0.4, -0.2) is 24.7 Å². The van der Waals surface area contributed by atoms with E-state index < -0.39 is 0 Å². The molecule has 0 radical (unpaired) electrons. The highest BCUT2D eigenvalue weighted by Crippen LogP contribution is 2.11. The van der Waals surface area contributed by atoms with Crippen molar-refractivity contribution in [1.29, 1.82) is 5.26 Å². The summed E-state index contributed by atoms with van der Waals surface area (Å²) < 4.78 is 6.68. The summed E-state index contributed by atoms with van der Waals surface area (Å²) in [6.07, 6.45) is 4.17. The lowest BCUT2D eigenvalue weighted by Gasteiger charge is -1.97. The monoisotopic (exact) mass is 202 g/mol. The lowest BCUT2D eigenvalue weighted by molar-refractivity contribution is 0.420. The molecule has 0 unspecified atom stereocenters. The number of aromatic nitrogens is 5. The van der Waals surface area contributed by atoms with Gasteiger partial charge < -0.3 is 4.74 Å². The van der Waals surface area contributed by atoms with Crippen LogP contribution in [0.3, 0.4) is 0 Å². The molecule has 2 rings (SSSR count). The zero-order valence-corrected chi connectivity index (χ0v) is 7.82. The summed E-state index contributed by atoms with van der Waals surface area (Å²) in [6.45, 7) is 0. The molecule has 2 heterocycles. The Kier molecular flexibility index (Phi) is 2.25. The van der Waals surface area contributed by atoms with E-state index in [1.54, 1.807) is 7.05 Å². The van der Waals surface area contributed by atoms with Crippen molar-refractivity contribution >= 4 is 0 Å². The molecule has 74 valence electrons. The van der Waals surface area contributed by atoms with Gasteiger partial charge in [0.05, 0.1) is 12.4 Å². The van der Waals surface area contributed by atoms with Gasteiger partial charge in [-0.3, -0.25) is 4.68 Å². The van der Waals surface area contributed by atoms with E-state index in [0.717, 1.165) is 0 Å². The summed E-state index contributed by atoms with van der Waals surface area (Å²) in [5.41, 5.74) is 0.233. The normalized spacial score (nSPS) is 9.60. The van der Waals surface area contributed by atoms with Gasteiger partial charge in [-0.2, -0.15) is 10.2 Å². The fraction of sp³-hybridized carbons (Fsp3) is 0.125. The second-order valence-electron chi connectivity index (χ2n) is 2.65. The number of hydrogen-bond donors (Lipinski definition) is 0. The van der Waals surface area contributed by atoms with Crippen molar-refractivity contribution in [3.05, 3.63) is 24.4 Å². The second kappa shape index (κ2) is 3.71. The molecule has 7 heteroatoms. The first kappa shape index (κ1) is 9.08. The molecule has 0 aliphatic rings. The van der Waals surface area contributed by atoms with Crippen LogP contribution >= 0.6 is 0 Å². The van der Waals surface area contributed by atoms with Crippen LogP contribution in [-0.2, 0) is 7.05 Å². The van der Waals surface area contributed by atoms with Gasteiger partial charge in [0, 0.05) is 7.05 Å².